The third-order valence-electron chi connectivity index (χ3n) is 1.18. The predicted molar refractivity (Wildman–Crippen MR) is 38.5 cm³/mol. The summed E-state index contributed by atoms with van der Waals surface area (Å²) in [5, 5.41) is 2.88. The van der Waals surface area contributed by atoms with Gasteiger partial charge in [0.1, 0.15) is 0 Å². The molecule has 0 saturated carbocycles. The first-order chi connectivity index (χ1) is 4.68. The van der Waals surface area contributed by atoms with Gasteiger partial charge in [-0.2, -0.15) is 0 Å². The lowest BCUT2D eigenvalue weighted by molar-refractivity contribution is -0.119. The third-order valence-corrected chi connectivity index (χ3v) is 1.18. The summed E-state index contributed by atoms with van der Waals surface area (Å²) in [6, 6.07) is -0.268. The average molecular weight is 146 g/mol. The number of primary amides is 1. The van der Waals surface area contributed by atoms with Crippen LogP contribution in [0, 0.1) is 0 Å². The molecule has 0 aliphatic carbocycles. The van der Waals surface area contributed by atoms with Gasteiger partial charge in [0.05, 0.1) is 12.6 Å². The van der Waals surface area contributed by atoms with E-state index in [-0.39, 0.29) is 11.9 Å². The van der Waals surface area contributed by atoms with E-state index in [0.717, 1.165) is 0 Å². The monoisotopic (exact) mass is 146 g/mol. The first-order valence-corrected chi connectivity index (χ1v) is 3.20. The van der Waals surface area contributed by atoms with E-state index in [2.05, 4.69) is 5.32 Å². The lowest BCUT2D eigenvalue weighted by Gasteiger charge is -2.08. The minimum Gasteiger partial charge on any atom is -0.383 e. The molecule has 4 heteroatoms. The summed E-state index contributed by atoms with van der Waals surface area (Å²) in [7, 11) is 1.61. The molecule has 1 amide bonds. The Kier molecular flexibility index (Phi) is 4.88. The Hall–Kier alpha value is -0.610. The second kappa shape index (κ2) is 5.20. The van der Waals surface area contributed by atoms with Crippen molar-refractivity contribution in [2.24, 2.45) is 5.73 Å². The van der Waals surface area contributed by atoms with E-state index in [1.54, 1.807) is 14.0 Å². The molecule has 0 saturated heterocycles. The molecule has 0 bridgehead atoms. The van der Waals surface area contributed by atoms with Gasteiger partial charge in [0.2, 0.25) is 5.91 Å². The van der Waals surface area contributed by atoms with Crippen LogP contribution in [0.5, 0.6) is 0 Å². The van der Waals surface area contributed by atoms with Crippen molar-refractivity contribution in [3.05, 3.63) is 0 Å². The first-order valence-electron chi connectivity index (χ1n) is 3.20. The summed E-state index contributed by atoms with van der Waals surface area (Å²) >= 11 is 0. The van der Waals surface area contributed by atoms with Crippen LogP contribution in [0.1, 0.15) is 6.92 Å². The van der Waals surface area contributed by atoms with Crippen LogP contribution in [0.2, 0.25) is 0 Å². The molecule has 1 atom stereocenters. The van der Waals surface area contributed by atoms with Gasteiger partial charge < -0.3 is 15.8 Å². The van der Waals surface area contributed by atoms with Gasteiger partial charge in [-0.1, -0.05) is 0 Å². The van der Waals surface area contributed by atoms with Gasteiger partial charge in [0.15, 0.2) is 0 Å². The summed E-state index contributed by atoms with van der Waals surface area (Å²) in [4.78, 5) is 10.4. The van der Waals surface area contributed by atoms with Crippen LogP contribution in [0.3, 0.4) is 0 Å². The van der Waals surface area contributed by atoms with Crippen LogP contribution in [0.25, 0.3) is 0 Å². The molecular formula is C6H14N2O2. The van der Waals surface area contributed by atoms with E-state index in [9.17, 15) is 4.79 Å². The van der Waals surface area contributed by atoms with E-state index >= 15 is 0 Å². The Morgan fingerprint density at radius 1 is 1.80 bits per heavy atom. The van der Waals surface area contributed by atoms with Crippen molar-refractivity contribution >= 4 is 5.91 Å². The molecule has 0 unspecified atom stereocenters. The van der Waals surface area contributed by atoms with Gasteiger partial charge in [0, 0.05) is 13.7 Å². The van der Waals surface area contributed by atoms with Crippen molar-refractivity contribution < 1.29 is 9.53 Å². The van der Waals surface area contributed by atoms with Gasteiger partial charge in [-0.15, -0.1) is 0 Å². The highest BCUT2D eigenvalue weighted by Crippen LogP contribution is 1.76. The fourth-order valence-electron chi connectivity index (χ4n) is 0.478. The second-order valence-corrected chi connectivity index (χ2v) is 2.07. The number of hydrogen-bond donors (Lipinski definition) is 2. The number of rotatable bonds is 5. The van der Waals surface area contributed by atoms with Crippen molar-refractivity contribution in [3.8, 4) is 0 Å². The normalized spacial score (nSPS) is 13.0. The molecule has 0 spiro atoms. The van der Waals surface area contributed by atoms with E-state index < -0.39 is 0 Å². The van der Waals surface area contributed by atoms with Crippen LogP contribution in [0.15, 0.2) is 0 Å². The number of hydrogen-bond acceptors (Lipinski definition) is 3. The summed E-state index contributed by atoms with van der Waals surface area (Å²) in [5.41, 5.74) is 4.98. The zero-order valence-corrected chi connectivity index (χ0v) is 6.39. The number of carbonyl (C=O) groups excluding carboxylic acids is 1. The Labute approximate surface area is 60.7 Å². The summed E-state index contributed by atoms with van der Waals surface area (Å²) in [6.45, 7) is 2.97. The molecule has 0 fully saturated rings. The molecule has 60 valence electrons. The fourth-order valence-corrected chi connectivity index (χ4v) is 0.478. The van der Waals surface area contributed by atoms with Gasteiger partial charge in [-0.3, -0.25) is 4.79 Å². The van der Waals surface area contributed by atoms with Crippen LogP contribution in [-0.2, 0) is 9.53 Å². The molecule has 0 aromatic carbocycles. The molecule has 3 N–H and O–H groups in total. The van der Waals surface area contributed by atoms with Crippen molar-refractivity contribution in [1.82, 2.24) is 5.32 Å². The topological polar surface area (TPSA) is 64.3 Å². The van der Waals surface area contributed by atoms with E-state index in [1.165, 1.54) is 0 Å². The number of ether oxygens (including phenoxy) is 1. The predicted octanol–water partition coefficient (Wildman–Crippen LogP) is -0.904. The molecule has 0 aromatic rings. The Morgan fingerprint density at radius 2 is 2.40 bits per heavy atom. The zero-order chi connectivity index (χ0) is 7.98. The summed E-state index contributed by atoms with van der Waals surface area (Å²) in [5.74, 6) is -0.337. The highest BCUT2D eigenvalue weighted by molar-refractivity contribution is 5.79. The maximum absolute atomic E-state index is 10.4. The largest absolute Gasteiger partial charge is 0.383 e. The van der Waals surface area contributed by atoms with Crippen LogP contribution in [0.4, 0.5) is 0 Å². The van der Waals surface area contributed by atoms with Crippen molar-refractivity contribution in [2.45, 2.75) is 13.0 Å². The quantitative estimate of drug-likeness (QED) is 0.494. The lowest BCUT2D eigenvalue weighted by Crippen LogP contribution is -2.40. The van der Waals surface area contributed by atoms with Crippen molar-refractivity contribution in [2.75, 3.05) is 20.3 Å². The zero-order valence-electron chi connectivity index (χ0n) is 6.39. The van der Waals surface area contributed by atoms with Crippen LogP contribution < -0.4 is 11.1 Å². The standard InChI is InChI=1S/C6H14N2O2/c1-5(6(7)9)8-3-4-10-2/h5,8H,3-4H2,1-2H3,(H2,7,9)/t5-/m0/s1. The molecule has 0 rings (SSSR count). The second-order valence-electron chi connectivity index (χ2n) is 2.07. The number of methoxy groups -OCH3 is 1. The number of nitrogens with one attached hydrogen (secondary N) is 1. The Bertz CT molecular complexity index is 106. The SMILES string of the molecule is COCCN[C@@H](C)C(N)=O. The number of carbonyl (C=O) groups is 1. The average Bonchev–Trinajstić information content (AvgIpc) is 1.88. The van der Waals surface area contributed by atoms with E-state index in [0.29, 0.717) is 13.2 Å². The maximum atomic E-state index is 10.4. The van der Waals surface area contributed by atoms with E-state index in [1.807, 2.05) is 0 Å². The van der Waals surface area contributed by atoms with E-state index in [4.69, 9.17) is 10.5 Å². The van der Waals surface area contributed by atoms with Crippen LogP contribution >= 0.6 is 0 Å². The van der Waals surface area contributed by atoms with Crippen LogP contribution in [-0.4, -0.2) is 32.2 Å². The summed E-state index contributed by atoms with van der Waals surface area (Å²) < 4.78 is 4.76. The molecule has 4 nitrogen and oxygen atoms in total. The first kappa shape index (κ1) is 9.39. The molecule has 0 aliphatic heterocycles. The molecule has 10 heavy (non-hydrogen) atoms. The highest BCUT2D eigenvalue weighted by Gasteiger charge is 2.05. The van der Waals surface area contributed by atoms with Crippen molar-refractivity contribution in [3.63, 3.8) is 0 Å². The lowest BCUT2D eigenvalue weighted by atomic mass is 10.3. The number of amides is 1. The van der Waals surface area contributed by atoms with Gasteiger partial charge in [-0.25, -0.2) is 0 Å². The molecule has 0 heterocycles. The smallest absolute Gasteiger partial charge is 0.234 e. The minimum atomic E-state index is -0.337. The van der Waals surface area contributed by atoms with Gasteiger partial charge in [0.25, 0.3) is 0 Å². The molecule has 0 aromatic heterocycles. The Balaban J connectivity index is 3.21. The molecule has 0 aliphatic rings. The molecule has 0 radical (unpaired) electrons. The third kappa shape index (κ3) is 4.29. The van der Waals surface area contributed by atoms with Gasteiger partial charge in [-0.05, 0) is 6.92 Å². The number of nitrogens with two attached hydrogens (primary N) is 1. The molecular weight excluding hydrogens is 132 g/mol. The fraction of sp³-hybridized carbons (Fsp3) is 0.833. The van der Waals surface area contributed by atoms with Crippen molar-refractivity contribution in [1.29, 1.82) is 0 Å². The Morgan fingerprint density at radius 3 is 2.80 bits per heavy atom. The highest BCUT2D eigenvalue weighted by atomic mass is 16.5. The van der Waals surface area contributed by atoms with Gasteiger partial charge >= 0.3 is 0 Å². The maximum Gasteiger partial charge on any atom is 0.234 e. The summed E-state index contributed by atoms with van der Waals surface area (Å²) in [6.07, 6.45) is 0. The minimum absolute atomic E-state index is 0.268.